The molecule has 0 radical (unpaired) electrons. The normalized spacial score (nSPS) is 13.2. The predicted molar refractivity (Wildman–Crippen MR) is 123 cm³/mol. The van der Waals surface area contributed by atoms with Crippen molar-refractivity contribution in [1.82, 2.24) is 0 Å². The van der Waals surface area contributed by atoms with Crippen molar-refractivity contribution in [2.24, 2.45) is 0 Å². The number of carbonyl (C=O) groups excluding carboxylic acids is 1. The molecule has 8 heteroatoms. The maximum atomic E-state index is 11.3. The lowest BCUT2D eigenvalue weighted by Gasteiger charge is -2.23. The molecule has 0 heterocycles. The predicted octanol–water partition coefficient (Wildman–Crippen LogP) is 4.13. The Morgan fingerprint density at radius 1 is 0.885 bits per heavy atom. The van der Waals surface area contributed by atoms with Gasteiger partial charge in [-0.25, -0.2) is 4.79 Å². The number of hydrogen-bond acceptors (Lipinski definition) is 4. The van der Waals surface area contributed by atoms with Crippen molar-refractivity contribution in [2.45, 2.75) is 89.9 Å². The van der Waals surface area contributed by atoms with E-state index in [-0.39, 0.29) is 15.7 Å². The van der Waals surface area contributed by atoms with Gasteiger partial charge >= 0.3 is 5.97 Å². The molecule has 0 aliphatic carbocycles. The lowest BCUT2D eigenvalue weighted by Crippen LogP contribution is -2.31. The minimum Gasteiger partial charge on any atom is -0.462 e. The van der Waals surface area contributed by atoms with E-state index in [0.717, 1.165) is 12.5 Å². The van der Waals surface area contributed by atoms with Crippen LogP contribution in [-0.4, -0.2) is 48.7 Å². The van der Waals surface area contributed by atoms with E-state index in [9.17, 15) is 4.79 Å². The van der Waals surface area contributed by atoms with Gasteiger partial charge in [-0.05, 0) is 64.2 Å². The first-order valence-electron chi connectivity index (χ1n) is 10.1. The molecule has 0 spiro atoms. The topological polar surface area (TPSA) is 44.8 Å². The highest BCUT2D eigenvalue weighted by atomic mass is 28.4. The van der Waals surface area contributed by atoms with Gasteiger partial charge in [0.2, 0.25) is 0 Å². The van der Waals surface area contributed by atoms with Crippen molar-refractivity contribution in [3.8, 4) is 0 Å². The quantitative estimate of drug-likeness (QED) is 0.158. The van der Waals surface area contributed by atoms with Gasteiger partial charge in [0.05, 0.1) is 6.61 Å². The summed E-state index contributed by atoms with van der Waals surface area (Å²) in [5.41, 5.74) is 0.470. The van der Waals surface area contributed by atoms with Crippen LogP contribution in [0.2, 0.25) is 50.9 Å². The highest BCUT2D eigenvalue weighted by molar-refractivity contribution is 6.75. The minimum atomic E-state index is -1.47. The second kappa shape index (κ2) is 14.1. The first kappa shape index (κ1) is 26.0. The van der Waals surface area contributed by atoms with E-state index < -0.39 is 26.4 Å². The van der Waals surface area contributed by atoms with Gasteiger partial charge in [-0.3, -0.25) is 0 Å². The zero-order valence-corrected chi connectivity index (χ0v) is 22.9. The fraction of sp³-hybridized carbons (Fsp3) is 0.833. The van der Waals surface area contributed by atoms with Crippen LogP contribution in [0.5, 0.6) is 0 Å². The highest BCUT2D eigenvalue weighted by Crippen LogP contribution is 2.17. The summed E-state index contributed by atoms with van der Waals surface area (Å²) in [6.07, 6.45) is 6.24. The number of hydrogen-bond donors (Lipinski definition) is 0. The fourth-order valence-electron chi connectivity index (χ4n) is 2.47. The van der Waals surface area contributed by atoms with E-state index in [2.05, 4.69) is 39.3 Å². The van der Waals surface area contributed by atoms with E-state index in [1.54, 1.807) is 6.92 Å². The summed E-state index contributed by atoms with van der Waals surface area (Å²) in [6, 6.07) is 3.69. The molecule has 0 atom stereocenters. The molecule has 26 heavy (non-hydrogen) atoms. The second-order valence-electron chi connectivity index (χ2n) is 8.71. The average Bonchev–Trinajstić information content (AvgIpc) is 2.51. The van der Waals surface area contributed by atoms with Crippen LogP contribution in [0.1, 0.15) is 39.0 Å². The van der Waals surface area contributed by atoms with Gasteiger partial charge in [0, 0.05) is 5.57 Å². The number of unbranched alkanes of at least 4 members (excludes halogenated alkanes) is 3. The molecule has 0 aliphatic heterocycles. The first-order valence-corrected chi connectivity index (χ1v) is 19.8. The summed E-state index contributed by atoms with van der Waals surface area (Å²) < 4.78 is 17.4. The van der Waals surface area contributed by atoms with E-state index in [1.165, 1.54) is 37.8 Å². The highest BCUT2D eigenvalue weighted by Gasteiger charge is 2.20. The van der Waals surface area contributed by atoms with Gasteiger partial charge in [-0.1, -0.05) is 32.3 Å². The average molecular weight is 435 g/mol. The molecular weight excluding hydrogens is 393 g/mol. The standard InChI is InChI=1S/C18H42O4Si4/c1-17(2)18(19)20-13-12-15-24-22-26(6,7)16-11-9-8-10-14-23-21-25(3,4)5/h1,8-16,23-24H2,2-7H3. The molecule has 0 aromatic carbocycles. The molecule has 0 rings (SSSR count). The Morgan fingerprint density at radius 3 is 2.08 bits per heavy atom. The van der Waals surface area contributed by atoms with Crippen molar-refractivity contribution in [2.75, 3.05) is 6.61 Å². The fourth-order valence-corrected chi connectivity index (χ4v) is 10.9. The van der Waals surface area contributed by atoms with E-state index >= 15 is 0 Å². The Bertz CT molecular complexity index is 408. The summed E-state index contributed by atoms with van der Waals surface area (Å²) in [5.74, 6) is -0.281. The number of ether oxygens (including phenoxy) is 1. The van der Waals surface area contributed by atoms with Gasteiger partial charge in [0.25, 0.3) is 0 Å². The van der Waals surface area contributed by atoms with Crippen LogP contribution in [0.3, 0.4) is 0 Å². The number of carbonyl (C=O) groups is 1. The molecule has 0 N–H and O–H groups in total. The number of rotatable bonds is 16. The maximum absolute atomic E-state index is 11.3. The van der Waals surface area contributed by atoms with Gasteiger partial charge in [0.1, 0.15) is 19.5 Å². The third kappa shape index (κ3) is 17.4. The SMILES string of the molecule is C=C(C)C(=O)OCCC[SiH2]O[Si](C)(C)CCCCCC[SiH2]O[Si](C)(C)C. The molecule has 0 fully saturated rings. The zero-order valence-electron chi connectivity index (χ0n) is 18.1. The molecule has 0 saturated carbocycles. The zero-order chi connectivity index (χ0) is 20.1. The van der Waals surface area contributed by atoms with Crippen LogP contribution >= 0.6 is 0 Å². The van der Waals surface area contributed by atoms with E-state index in [0.29, 0.717) is 12.2 Å². The molecular formula is C18H42O4Si4. The largest absolute Gasteiger partial charge is 0.462 e. The molecule has 0 saturated heterocycles. The van der Waals surface area contributed by atoms with Crippen LogP contribution in [0.25, 0.3) is 0 Å². The molecule has 154 valence electrons. The van der Waals surface area contributed by atoms with Gasteiger partial charge in [-0.15, -0.1) is 0 Å². The van der Waals surface area contributed by atoms with Crippen LogP contribution in [0, 0.1) is 0 Å². The molecule has 4 nitrogen and oxygen atoms in total. The van der Waals surface area contributed by atoms with Crippen LogP contribution < -0.4 is 0 Å². The molecule has 0 aromatic heterocycles. The lowest BCUT2D eigenvalue weighted by atomic mass is 10.2. The smallest absolute Gasteiger partial charge is 0.333 e. The summed E-state index contributed by atoms with van der Waals surface area (Å²) in [5, 5.41) is 0. The molecule has 0 unspecified atom stereocenters. The number of esters is 1. The summed E-state index contributed by atoms with van der Waals surface area (Å²) >= 11 is 0. The van der Waals surface area contributed by atoms with Crippen molar-refractivity contribution in [3.05, 3.63) is 12.2 Å². The Balaban J connectivity index is 3.52. The molecule has 0 aliphatic rings. The lowest BCUT2D eigenvalue weighted by molar-refractivity contribution is -0.138. The summed E-state index contributed by atoms with van der Waals surface area (Å²) in [7, 11) is -3.49. The molecule has 0 bridgehead atoms. The van der Waals surface area contributed by atoms with E-state index in [1.807, 2.05) is 0 Å². The summed E-state index contributed by atoms with van der Waals surface area (Å²) in [6.45, 7) is 17.3. The van der Waals surface area contributed by atoms with Crippen molar-refractivity contribution in [3.63, 3.8) is 0 Å². The Kier molecular flexibility index (Phi) is 14.1. The Hall–Kier alpha value is -0.00247. The van der Waals surface area contributed by atoms with Gasteiger partial charge < -0.3 is 13.0 Å². The Labute approximate surface area is 168 Å². The Morgan fingerprint density at radius 2 is 1.46 bits per heavy atom. The van der Waals surface area contributed by atoms with E-state index in [4.69, 9.17) is 13.0 Å². The molecule has 0 amide bonds. The minimum absolute atomic E-state index is 0.268. The van der Waals surface area contributed by atoms with Gasteiger partial charge in [-0.2, -0.15) is 0 Å². The van der Waals surface area contributed by atoms with Gasteiger partial charge in [0.15, 0.2) is 16.6 Å². The van der Waals surface area contributed by atoms with Crippen molar-refractivity contribution >= 4 is 42.1 Å². The van der Waals surface area contributed by atoms with Crippen LogP contribution in [-0.2, 0) is 17.8 Å². The third-order valence-electron chi connectivity index (χ3n) is 4.07. The summed E-state index contributed by atoms with van der Waals surface area (Å²) in [4.78, 5) is 11.3. The first-order chi connectivity index (χ1) is 12.0. The monoisotopic (exact) mass is 434 g/mol. The van der Waals surface area contributed by atoms with Crippen LogP contribution in [0.4, 0.5) is 0 Å². The van der Waals surface area contributed by atoms with Crippen molar-refractivity contribution < 1.29 is 17.8 Å². The van der Waals surface area contributed by atoms with Crippen LogP contribution in [0.15, 0.2) is 12.2 Å². The maximum Gasteiger partial charge on any atom is 0.333 e. The second-order valence-corrected chi connectivity index (χ2v) is 21.5. The molecule has 0 aromatic rings. The van der Waals surface area contributed by atoms with Crippen molar-refractivity contribution in [1.29, 1.82) is 0 Å². The third-order valence-corrected chi connectivity index (χ3v) is 15.4.